The molecule has 0 bridgehead atoms. The van der Waals surface area contributed by atoms with E-state index in [2.05, 4.69) is 16.9 Å². The molecule has 1 heterocycles. The number of carbonyl (C=O) groups excluding carboxylic acids is 2. The smallest absolute Gasteiger partial charge is 0.286 e. The van der Waals surface area contributed by atoms with E-state index >= 15 is 0 Å². The molecule has 8 heteroatoms. The number of nitrogens with zero attached hydrogens (tertiary/aromatic N) is 1. The second-order valence-corrected chi connectivity index (χ2v) is 6.27. The minimum Gasteiger partial charge on any atom is -0.486 e. The number of hydrogen-bond acceptors (Lipinski definition) is 4. The van der Waals surface area contributed by atoms with E-state index in [0.717, 1.165) is 11.8 Å². The van der Waals surface area contributed by atoms with Crippen LogP contribution in [0.1, 0.15) is 12.5 Å². The SMILES string of the molecule is C=CCOc1c(Cl)cc(C=C2SC(NC(C)=O)=NC2=O)cc1Cl. The predicted octanol–water partition coefficient (Wildman–Crippen LogP) is 3.66. The molecule has 0 unspecified atom stereocenters. The molecule has 2 rings (SSSR count). The third kappa shape index (κ3) is 4.60. The molecule has 23 heavy (non-hydrogen) atoms. The van der Waals surface area contributed by atoms with Crippen LogP contribution in [-0.4, -0.2) is 23.6 Å². The summed E-state index contributed by atoms with van der Waals surface area (Å²) in [7, 11) is 0. The molecule has 0 spiro atoms. The van der Waals surface area contributed by atoms with Crippen LogP contribution in [0, 0.1) is 0 Å². The zero-order valence-corrected chi connectivity index (χ0v) is 14.4. The average molecular weight is 371 g/mol. The first kappa shape index (κ1) is 17.6. The highest BCUT2D eigenvalue weighted by molar-refractivity contribution is 8.18. The van der Waals surface area contributed by atoms with Crippen LogP contribution < -0.4 is 10.1 Å². The predicted molar refractivity (Wildman–Crippen MR) is 94.0 cm³/mol. The minimum atomic E-state index is -0.432. The monoisotopic (exact) mass is 370 g/mol. The molecular formula is C15H12Cl2N2O3S. The number of amides is 2. The lowest BCUT2D eigenvalue weighted by atomic mass is 10.2. The molecule has 1 aliphatic rings. The van der Waals surface area contributed by atoms with Crippen LogP contribution in [0.2, 0.25) is 10.0 Å². The average Bonchev–Trinajstić information content (AvgIpc) is 2.77. The van der Waals surface area contributed by atoms with Crippen LogP contribution in [0.15, 0.2) is 34.7 Å². The Bertz CT molecular complexity index is 721. The molecule has 0 radical (unpaired) electrons. The molecule has 0 saturated carbocycles. The Balaban J connectivity index is 2.22. The Morgan fingerprint density at radius 2 is 2.09 bits per heavy atom. The molecule has 0 fully saturated rings. The van der Waals surface area contributed by atoms with Gasteiger partial charge in [0.05, 0.1) is 15.0 Å². The van der Waals surface area contributed by atoms with Crippen molar-refractivity contribution in [1.82, 2.24) is 5.32 Å². The van der Waals surface area contributed by atoms with E-state index in [-0.39, 0.29) is 17.7 Å². The highest BCUT2D eigenvalue weighted by Gasteiger charge is 2.22. The van der Waals surface area contributed by atoms with E-state index in [1.807, 2.05) is 0 Å². The van der Waals surface area contributed by atoms with Crippen LogP contribution in [0.5, 0.6) is 5.75 Å². The Kier molecular flexibility index (Phi) is 5.87. The number of carbonyl (C=O) groups is 2. The Morgan fingerprint density at radius 1 is 1.43 bits per heavy atom. The van der Waals surface area contributed by atoms with Gasteiger partial charge in [-0.1, -0.05) is 35.9 Å². The molecule has 0 aliphatic carbocycles. The summed E-state index contributed by atoms with van der Waals surface area (Å²) in [6.45, 7) is 5.18. The lowest BCUT2D eigenvalue weighted by Gasteiger charge is -2.09. The van der Waals surface area contributed by atoms with Gasteiger partial charge in [0.25, 0.3) is 5.91 Å². The lowest BCUT2D eigenvalue weighted by molar-refractivity contribution is -0.117. The quantitative estimate of drug-likeness (QED) is 0.648. The van der Waals surface area contributed by atoms with Crippen molar-refractivity contribution in [3.8, 4) is 5.75 Å². The van der Waals surface area contributed by atoms with E-state index in [9.17, 15) is 9.59 Å². The molecule has 2 amide bonds. The van der Waals surface area contributed by atoms with Crippen molar-refractivity contribution in [2.24, 2.45) is 4.99 Å². The number of nitrogens with one attached hydrogen (secondary N) is 1. The van der Waals surface area contributed by atoms with E-state index in [4.69, 9.17) is 27.9 Å². The maximum atomic E-state index is 11.8. The summed E-state index contributed by atoms with van der Waals surface area (Å²) in [6, 6.07) is 3.26. The van der Waals surface area contributed by atoms with Gasteiger partial charge in [-0.15, -0.1) is 0 Å². The number of aliphatic imine (C=N–C) groups is 1. The van der Waals surface area contributed by atoms with Gasteiger partial charge in [0.1, 0.15) is 6.61 Å². The first-order valence-electron chi connectivity index (χ1n) is 6.43. The van der Waals surface area contributed by atoms with Gasteiger partial charge in [0, 0.05) is 6.92 Å². The number of amidine groups is 1. The van der Waals surface area contributed by atoms with Crippen LogP contribution in [0.4, 0.5) is 0 Å². The standard InChI is InChI=1S/C15H12Cl2N2O3S/c1-3-4-22-13-10(16)5-9(6-11(13)17)7-12-14(21)19-15(23-12)18-8(2)20/h3,5-7H,1,4H2,2H3,(H,18,19,20,21). The highest BCUT2D eigenvalue weighted by atomic mass is 35.5. The Labute approximate surface area is 147 Å². The van der Waals surface area contributed by atoms with Crippen molar-refractivity contribution in [3.63, 3.8) is 0 Å². The fourth-order valence-corrected chi connectivity index (χ4v) is 3.18. The Morgan fingerprint density at radius 3 is 2.65 bits per heavy atom. The van der Waals surface area contributed by atoms with Crippen molar-refractivity contribution in [2.75, 3.05) is 6.61 Å². The maximum Gasteiger partial charge on any atom is 0.286 e. The van der Waals surface area contributed by atoms with Gasteiger partial charge in [0.2, 0.25) is 5.91 Å². The maximum absolute atomic E-state index is 11.8. The van der Waals surface area contributed by atoms with E-state index < -0.39 is 5.91 Å². The molecule has 0 saturated heterocycles. The van der Waals surface area contributed by atoms with Gasteiger partial charge in [-0.25, -0.2) is 0 Å². The normalized spacial score (nSPS) is 15.5. The Hall–Kier alpha value is -1.76. The second-order valence-electron chi connectivity index (χ2n) is 4.43. The largest absolute Gasteiger partial charge is 0.486 e. The van der Waals surface area contributed by atoms with Crippen LogP contribution >= 0.6 is 35.0 Å². The van der Waals surface area contributed by atoms with Crippen LogP contribution in [-0.2, 0) is 9.59 Å². The summed E-state index contributed by atoms with van der Waals surface area (Å²) in [4.78, 5) is 26.9. The molecule has 1 aromatic rings. The zero-order chi connectivity index (χ0) is 17.0. The van der Waals surface area contributed by atoms with Gasteiger partial charge in [0.15, 0.2) is 10.9 Å². The third-order valence-corrected chi connectivity index (χ3v) is 4.03. The van der Waals surface area contributed by atoms with Gasteiger partial charge >= 0.3 is 0 Å². The van der Waals surface area contributed by atoms with E-state index in [1.54, 1.807) is 24.3 Å². The molecule has 1 aliphatic heterocycles. The molecule has 120 valence electrons. The number of ether oxygens (including phenoxy) is 1. The van der Waals surface area contributed by atoms with Crippen molar-refractivity contribution in [3.05, 3.63) is 45.3 Å². The van der Waals surface area contributed by atoms with Crippen molar-refractivity contribution in [2.45, 2.75) is 6.92 Å². The van der Waals surface area contributed by atoms with E-state index in [0.29, 0.717) is 26.3 Å². The summed E-state index contributed by atoms with van der Waals surface area (Å²) < 4.78 is 5.38. The summed E-state index contributed by atoms with van der Waals surface area (Å²) in [5, 5.41) is 3.37. The van der Waals surface area contributed by atoms with Crippen molar-refractivity contribution < 1.29 is 14.3 Å². The van der Waals surface area contributed by atoms with Crippen LogP contribution in [0.25, 0.3) is 6.08 Å². The van der Waals surface area contributed by atoms with Crippen molar-refractivity contribution in [1.29, 1.82) is 0 Å². The van der Waals surface area contributed by atoms with E-state index in [1.165, 1.54) is 6.92 Å². The number of thioether (sulfide) groups is 1. The summed E-state index contributed by atoms with van der Waals surface area (Å²) in [5.74, 6) is -0.367. The van der Waals surface area contributed by atoms with Crippen molar-refractivity contribution >= 4 is 58.0 Å². The minimum absolute atomic E-state index is 0.247. The molecule has 0 aromatic heterocycles. The fraction of sp³-hybridized carbons (Fsp3) is 0.133. The lowest BCUT2D eigenvalue weighted by Crippen LogP contribution is -2.23. The third-order valence-electron chi connectivity index (χ3n) is 2.57. The molecule has 1 N–H and O–H groups in total. The zero-order valence-electron chi connectivity index (χ0n) is 12.1. The number of rotatable bonds is 4. The molecule has 5 nitrogen and oxygen atoms in total. The molecule has 0 atom stereocenters. The second kappa shape index (κ2) is 7.68. The first-order valence-corrected chi connectivity index (χ1v) is 8.01. The number of halogens is 2. The number of benzene rings is 1. The topological polar surface area (TPSA) is 67.8 Å². The number of hydrogen-bond donors (Lipinski definition) is 1. The molecule has 1 aromatic carbocycles. The van der Waals surface area contributed by atoms with Crippen LogP contribution in [0.3, 0.4) is 0 Å². The summed E-state index contributed by atoms with van der Waals surface area (Å²) in [5.41, 5.74) is 0.626. The van der Waals surface area contributed by atoms with Gasteiger partial charge < -0.3 is 10.1 Å². The highest BCUT2D eigenvalue weighted by Crippen LogP contribution is 2.36. The van der Waals surface area contributed by atoms with Gasteiger partial charge in [-0.3, -0.25) is 9.59 Å². The molecular weight excluding hydrogens is 359 g/mol. The first-order chi connectivity index (χ1) is 10.9. The summed E-state index contributed by atoms with van der Waals surface area (Å²) >= 11 is 13.3. The summed E-state index contributed by atoms with van der Waals surface area (Å²) in [6.07, 6.45) is 3.18. The fourth-order valence-electron chi connectivity index (χ4n) is 1.71. The van der Waals surface area contributed by atoms with Gasteiger partial charge in [-0.05, 0) is 35.5 Å². The van der Waals surface area contributed by atoms with Gasteiger partial charge in [-0.2, -0.15) is 4.99 Å².